The Kier molecular flexibility index (Phi) is 8.02. The van der Waals surface area contributed by atoms with Gasteiger partial charge in [-0.05, 0) is 23.8 Å². The summed E-state index contributed by atoms with van der Waals surface area (Å²) in [4.78, 5) is 22.5. The van der Waals surface area contributed by atoms with Gasteiger partial charge in [-0.2, -0.15) is 0 Å². The van der Waals surface area contributed by atoms with Crippen molar-refractivity contribution in [2.24, 2.45) is 0 Å². The van der Waals surface area contributed by atoms with Gasteiger partial charge in [0.05, 0.1) is 13.0 Å². The maximum absolute atomic E-state index is 10.5. The Bertz CT molecular complexity index is 831. The van der Waals surface area contributed by atoms with Crippen molar-refractivity contribution in [2.75, 3.05) is 6.61 Å². The van der Waals surface area contributed by atoms with Crippen LogP contribution in [-0.4, -0.2) is 32.6 Å². The molecule has 12 heteroatoms. The van der Waals surface area contributed by atoms with E-state index in [2.05, 4.69) is 15.0 Å². The van der Waals surface area contributed by atoms with Gasteiger partial charge in [-0.25, -0.2) is 15.0 Å². The molecular weight excluding hydrogens is 495 g/mol. The first kappa shape index (κ1) is 23.3. The predicted molar refractivity (Wildman–Crippen MR) is 111 cm³/mol. The zero-order valence-electron chi connectivity index (χ0n) is 13.8. The van der Waals surface area contributed by atoms with Crippen molar-refractivity contribution in [3.8, 4) is 5.75 Å². The highest BCUT2D eigenvalue weighted by atomic mass is 35.6. The predicted octanol–water partition coefficient (Wildman–Crippen LogP) is 5.55. The summed E-state index contributed by atoms with van der Waals surface area (Å²) in [6.07, 6.45) is 3.13. The third-order valence-corrected chi connectivity index (χ3v) is 4.06. The molecule has 1 aromatic heterocycles. The average Bonchev–Trinajstić information content (AvgIpc) is 2.59. The van der Waals surface area contributed by atoms with Crippen LogP contribution in [-0.2, 0) is 12.4 Å². The van der Waals surface area contributed by atoms with Gasteiger partial charge in [0.15, 0.2) is 17.5 Å². The standard InChI is InChI=1S/C16H11Cl6N3O3/c17-15(18,19)13-23-11(24-14(25-13)16(20,21)22)6-3-9-1-4-10(5-2-9)28-8-7-12(26)27/h1-6H,7-8H2,(H,26,27). The molecule has 0 spiro atoms. The fourth-order valence-corrected chi connectivity index (χ4v) is 2.33. The summed E-state index contributed by atoms with van der Waals surface area (Å²) in [5.74, 6) is -0.637. The van der Waals surface area contributed by atoms with Crippen molar-refractivity contribution in [1.82, 2.24) is 15.0 Å². The quantitative estimate of drug-likeness (QED) is 0.518. The lowest BCUT2D eigenvalue weighted by Crippen LogP contribution is -2.16. The van der Waals surface area contributed by atoms with Gasteiger partial charge in [-0.15, -0.1) is 0 Å². The summed E-state index contributed by atoms with van der Waals surface area (Å²) in [5.41, 5.74) is 0.775. The van der Waals surface area contributed by atoms with Crippen LogP contribution >= 0.6 is 69.6 Å². The molecule has 0 unspecified atom stereocenters. The number of nitrogens with zero attached hydrogens (tertiary/aromatic N) is 3. The molecule has 0 saturated heterocycles. The molecule has 0 aliphatic rings. The lowest BCUT2D eigenvalue weighted by atomic mass is 10.2. The van der Waals surface area contributed by atoms with Crippen LogP contribution in [0, 0.1) is 0 Å². The molecule has 0 radical (unpaired) electrons. The molecule has 1 aromatic carbocycles. The second-order valence-corrected chi connectivity index (χ2v) is 9.79. The highest BCUT2D eigenvalue weighted by molar-refractivity contribution is 6.67. The minimum Gasteiger partial charge on any atom is -0.493 e. The topological polar surface area (TPSA) is 85.2 Å². The van der Waals surface area contributed by atoms with Crippen LogP contribution in [0.3, 0.4) is 0 Å². The summed E-state index contributed by atoms with van der Waals surface area (Å²) in [7, 11) is 0. The van der Waals surface area contributed by atoms with Crippen molar-refractivity contribution < 1.29 is 14.6 Å². The molecule has 28 heavy (non-hydrogen) atoms. The average molecular weight is 506 g/mol. The fourth-order valence-electron chi connectivity index (χ4n) is 1.82. The molecule has 2 rings (SSSR count). The third-order valence-electron chi connectivity index (χ3n) is 3.05. The Morgan fingerprint density at radius 1 is 0.929 bits per heavy atom. The van der Waals surface area contributed by atoms with E-state index in [-0.39, 0.29) is 30.5 Å². The smallest absolute Gasteiger partial charge is 0.306 e. The Balaban J connectivity index is 2.20. The number of carboxylic acids is 1. The summed E-state index contributed by atoms with van der Waals surface area (Å²) in [6.45, 7) is 0.0784. The van der Waals surface area contributed by atoms with E-state index in [1.807, 2.05) is 0 Å². The molecule has 0 atom stereocenters. The second-order valence-electron chi connectivity index (χ2n) is 5.23. The zero-order valence-corrected chi connectivity index (χ0v) is 18.3. The van der Waals surface area contributed by atoms with Crippen LogP contribution < -0.4 is 4.74 Å². The Hall–Kier alpha value is -1.02. The van der Waals surface area contributed by atoms with Crippen LogP contribution in [0.25, 0.3) is 12.2 Å². The summed E-state index contributed by atoms with van der Waals surface area (Å²) >= 11 is 34.9. The highest BCUT2D eigenvalue weighted by Gasteiger charge is 2.33. The van der Waals surface area contributed by atoms with Crippen LogP contribution in [0.1, 0.15) is 29.5 Å². The van der Waals surface area contributed by atoms with Crippen LogP contribution in [0.15, 0.2) is 24.3 Å². The van der Waals surface area contributed by atoms with Gasteiger partial charge in [0.2, 0.25) is 7.59 Å². The first-order chi connectivity index (χ1) is 12.9. The molecule has 150 valence electrons. The van der Waals surface area contributed by atoms with Gasteiger partial charge in [0.1, 0.15) is 5.75 Å². The molecule has 1 N–H and O–H groups in total. The number of carboxylic acid groups (broad SMARTS) is 1. The summed E-state index contributed by atoms with van der Waals surface area (Å²) in [5, 5.41) is 8.60. The number of aliphatic carboxylic acids is 1. The van der Waals surface area contributed by atoms with Gasteiger partial charge >= 0.3 is 5.97 Å². The third kappa shape index (κ3) is 7.43. The van der Waals surface area contributed by atoms with Crippen molar-refractivity contribution in [3.63, 3.8) is 0 Å². The van der Waals surface area contributed by atoms with Crippen LogP contribution in [0.2, 0.25) is 0 Å². The second kappa shape index (κ2) is 9.65. The first-order valence-corrected chi connectivity index (χ1v) is 9.75. The molecule has 0 bridgehead atoms. The van der Waals surface area contributed by atoms with Gasteiger partial charge in [-0.3, -0.25) is 4.79 Å². The number of halogens is 6. The number of hydrogen-bond donors (Lipinski definition) is 1. The first-order valence-electron chi connectivity index (χ1n) is 7.48. The molecule has 0 aliphatic heterocycles. The van der Waals surface area contributed by atoms with Crippen molar-refractivity contribution in [1.29, 1.82) is 0 Å². The molecular formula is C16H11Cl6N3O3. The van der Waals surface area contributed by atoms with Crippen molar-refractivity contribution in [2.45, 2.75) is 14.0 Å². The maximum atomic E-state index is 10.5. The number of benzene rings is 1. The van der Waals surface area contributed by atoms with E-state index >= 15 is 0 Å². The highest BCUT2D eigenvalue weighted by Crippen LogP contribution is 2.39. The zero-order chi connectivity index (χ0) is 20.9. The van der Waals surface area contributed by atoms with Gasteiger partial charge in [0.25, 0.3) is 0 Å². The Morgan fingerprint density at radius 3 is 1.93 bits per heavy atom. The molecule has 0 saturated carbocycles. The van der Waals surface area contributed by atoms with Gasteiger partial charge < -0.3 is 9.84 Å². The largest absolute Gasteiger partial charge is 0.493 e. The van der Waals surface area contributed by atoms with E-state index < -0.39 is 13.6 Å². The number of rotatable bonds is 6. The number of hydrogen-bond acceptors (Lipinski definition) is 5. The Labute approximate surface area is 190 Å². The van der Waals surface area contributed by atoms with Crippen LogP contribution in [0.4, 0.5) is 0 Å². The lowest BCUT2D eigenvalue weighted by Gasteiger charge is -2.14. The minimum atomic E-state index is -1.93. The molecule has 2 aromatic rings. The molecule has 0 fully saturated rings. The molecule has 0 amide bonds. The van der Waals surface area contributed by atoms with E-state index in [0.717, 1.165) is 5.56 Å². The number of aromatic nitrogens is 3. The summed E-state index contributed by atoms with van der Waals surface area (Å²) < 4.78 is 1.46. The van der Waals surface area contributed by atoms with Crippen molar-refractivity contribution >= 4 is 87.7 Å². The fraction of sp³-hybridized carbons (Fsp3) is 0.250. The normalized spacial score (nSPS) is 12.4. The minimum absolute atomic E-state index is 0.0784. The van der Waals surface area contributed by atoms with E-state index in [1.54, 1.807) is 30.3 Å². The lowest BCUT2D eigenvalue weighted by molar-refractivity contribution is -0.137. The molecule has 1 heterocycles. The van der Waals surface area contributed by atoms with Crippen LogP contribution in [0.5, 0.6) is 5.75 Å². The summed E-state index contributed by atoms with van der Waals surface area (Å²) in [6, 6.07) is 6.88. The maximum Gasteiger partial charge on any atom is 0.306 e. The van der Waals surface area contributed by atoms with E-state index in [4.69, 9.17) is 79.4 Å². The Morgan fingerprint density at radius 2 is 1.46 bits per heavy atom. The number of carbonyl (C=O) groups is 1. The van der Waals surface area contributed by atoms with E-state index in [9.17, 15) is 4.79 Å². The van der Waals surface area contributed by atoms with Crippen molar-refractivity contribution in [3.05, 3.63) is 47.3 Å². The number of alkyl halides is 6. The van der Waals surface area contributed by atoms with E-state index in [0.29, 0.717) is 5.75 Å². The van der Waals surface area contributed by atoms with Gasteiger partial charge in [-0.1, -0.05) is 87.8 Å². The molecule has 6 nitrogen and oxygen atoms in total. The monoisotopic (exact) mass is 503 g/mol. The number of ether oxygens (including phenoxy) is 1. The van der Waals surface area contributed by atoms with E-state index in [1.165, 1.54) is 6.08 Å². The molecule has 0 aliphatic carbocycles. The SMILES string of the molecule is O=C(O)CCOc1ccc(C=Cc2nc(C(Cl)(Cl)Cl)nc(C(Cl)(Cl)Cl)n2)cc1. The van der Waals surface area contributed by atoms with Gasteiger partial charge in [0, 0.05) is 0 Å².